The Labute approximate surface area is 171 Å². The van der Waals surface area contributed by atoms with E-state index < -0.39 is 16.0 Å². The quantitative estimate of drug-likeness (QED) is 0.566. The number of para-hydroxylation sites is 1. The summed E-state index contributed by atoms with van der Waals surface area (Å²) in [7, 11) is -3.68. The van der Waals surface area contributed by atoms with E-state index >= 15 is 0 Å². The van der Waals surface area contributed by atoms with E-state index in [1.54, 1.807) is 42.5 Å². The standard InChI is InChI=1S/C23H23NO4S/c1-17-8-6-13-20(16-17)29(27,28)24-22-15-5-3-10-19(22)12-7-11-18-9-2-4-14-21(18)23(25)26/h2-6,8-10,13-16,24H,7,11-12H2,1H3,(H,25,26). The number of benzene rings is 3. The molecule has 150 valence electrons. The molecule has 0 spiro atoms. The van der Waals surface area contributed by atoms with Crippen LogP contribution in [0.15, 0.2) is 77.7 Å². The fourth-order valence-electron chi connectivity index (χ4n) is 3.24. The van der Waals surface area contributed by atoms with E-state index in [1.165, 1.54) is 0 Å². The van der Waals surface area contributed by atoms with E-state index in [4.69, 9.17) is 0 Å². The van der Waals surface area contributed by atoms with Gasteiger partial charge in [0.05, 0.1) is 16.1 Å². The number of aryl methyl sites for hydroxylation is 3. The van der Waals surface area contributed by atoms with Gasteiger partial charge in [-0.05, 0) is 67.1 Å². The maximum absolute atomic E-state index is 12.7. The van der Waals surface area contributed by atoms with Gasteiger partial charge in [-0.15, -0.1) is 0 Å². The molecule has 0 aliphatic carbocycles. The zero-order chi connectivity index (χ0) is 20.9. The van der Waals surface area contributed by atoms with Crippen LogP contribution in [0.1, 0.15) is 33.5 Å². The van der Waals surface area contributed by atoms with Crippen molar-refractivity contribution in [3.8, 4) is 0 Å². The summed E-state index contributed by atoms with van der Waals surface area (Å²) in [6.45, 7) is 1.85. The van der Waals surface area contributed by atoms with Gasteiger partial charge in [0.15, 0.2) is 0 Å². The molecule has 0 aliphatic heterocycles. The fourth-order valence-corrected chi connectivity index (χ4v) is 4.45. The van der Waals surface area contributed by atoms with Crippen LogP contribution in [0, 0.1) is 6.92 Å². The molecule has 0 atom stereocenters. The molecule has 0 radical (unpaired) electrons. The Bertz CT molecular complexity index is 1120. The van der Waals surface area contributed by atoms with Gasteiger partial charge in [0.1, 0.15) is 0 Å². The average molecular weight is 410 g/mol. The van der Waals surface area contributed by atoms with Crippen molar-refractivity contribution in [1.29, 1.82) is 0 Å². The molecule has 5 nitrogen and oxygen atoms in total. The summed E-state index contributed by atoms with van der Waals surface area (Å²) >= 11 is 0. The third kappa shape index (κ3) is 5.23. The fraction of sp³-hybridized carbons (Fsp3) is 0.174. The topological polar surface area (TPSA) is 83.5 Å². The highest BCUT2D eigenvalue weighted by molar-refractivity contribution is 7.92. The Kier molecular flexibility index (Phi) is 6.34. The number of carboxylic acid groups (broad SMARTS) is 1. The lowest BCUT2D eigenvalue weighted by atomic mass is 9.99. The van der Waals surface area contributed by atoms with Gasteiger partial charge in [-0.1, -0.05) is 48.5 Å². The minimum Gasteiger partial charge on any atom is -0.478 e. The van der Waals surface area contributed by atoms with Crippen LogP contribution in [0.25, 0.3) is 0 Å². The van der Waals surface area contributed by atoms with Gasteiger partial charge in [-0.3, -0.25) is 4.72 Å². The number of carboxylic acids is 1. The lowest BCUT2D eigenvalue weighted by Gasteiger charge is -2.13. The molecular weight excluding hydrogens is 386 g/mol. The van der Waals surface area contributed by atoms with Crippen molar-refractivity contribution < 1.29 is 18.3 Å². The molecule has 0 saturated carbocycles. The number of aromatic carboxylic acids is 1. The van der Waals surface area contributed by atoms with Crippen LogP contribution in [0.2, 0.25) is 0 Å². The summed E-state index contributed by atoms with van der Waals surface area (Å²) < 4.78 is 28.2. The molecule has 3 aromatic rings. The molecule has 0 aromatic heterocycles. The average Bonchev–Trinajstić information content (AvgIpc) is 2.69. The molecule has 6 heteroatoms. The largest absolute Gasteiger partial charge is 0.478 e. The molecule has 2 N–H and O–H groups in total. The Morgan fingerprint density at radius 1 is 0.897 bits per heavy atom. The first kappa shape index (κ1) is 20.6. The third-order valence-electron chi connectivity index (χ3n) is 4.70. The van der Waals surface area contributed by atoms with Crippen LogP contribution in [-0.2, 0) is 22.9 Å². The zero-order valence-corrected chi connectivity index (χ0v) is 16.9. The van der Waals surface area contributed by atoms with Crippen LogP contribution in [0.5, 0.6) is 0 Å². The molecule has 3 aromatic carbocycles. The minimum absolute atomic E-state index is 0.225. The van der Waals surface area contributed by atoms with Gasteiger partial charge < -0.3 is 5.11 Å². The number of rotatable bonds is 8. The van der Waals surface area contributed by atoms with Gasteiger partial charge >= 0.3 is 5.97 Å². The molecule has 0 unspecified atom stereocenters. The molecule has 0 aliphatic rings. The molecule has 0 bridgehead atoms. The van der Waals surface area contributed by atoms with E-state index in [0.717, 1.165) is 16.7 Å². The van der Waals surface area contributed by atoms with Gasteiger partial charge in [0.2, 0.25) is 0 Å². The van der Waals surface area contributed by atoms with E-state index in [0.29, 0.717) is 30.5 Å². The first-order chi connectivity index (χ1) is 13.9. The molecular formula is C23H23NO4S. The van der Waals surface area contributed by atoms with Crippen molar-refractivity contribution in [2.24, 2.45) is 0 Å². The lowest BCUT2D eigenvalue weighted by molar-refractivity contribution is 0.0695. The number of anilines is 1. The Hall–Kier alpha value is -3.12. The first-order valence-electron chi connectivity index (χ1n) is 9.35. The van der Waals surface area contributed by atoms with Gasteiger partial charge in [-0.25, -0.2) is 13.2 Å². The smallest absolute Gasteiger partial charge is 0.335 e. The molecule has 29 heavy (non-hydrogen) atoms. The van der Waals surface area contributed by atoms with E-state index in [2.05, 4.69) is 4.72 Å². The number of hydrogen-bond donors (Lipinski definition) is 2. The van der Waals surface area contributed by atoms with Crippen molar-refractivity contribution in [2.45, 2.75) is 31.1 Å². The second kappa shape index (κ2) is 8.92. The molecule has 0 amide bonds. The predicted molar refractivity (Wildman–Crippen MR) is 114 cm³/mol. The highest BCUT2D eigenvalue weighted by Gasteiger charge is 2.16. The van der Waals surface area contributed by atoms with E-state index in [1.807, 2.05) is 37.3 Å². The Morgan fingerprint density at radius 3 is 2.28 bits per heavy atom. The summed E-state index contributed by atoms with van der Waals surface area (Å²) in [6.07, 6.45) is 1.93. The van der Waals surface area contributed by atoms with Crippen LogP contribution >= 0.6 is 0 Å². The summed E-state index contributed by atoms with van der Waals surface area (Å²) in [5, 5.41) is 9.30. The monoisotopic (exact) mass is 409 g/mol. The maximum Gasteiger partial charge on any atom is 0.335 e. The number of carbonyl (C=O) groups is 1. The van der Waals surface area contributed by atoms with Crippen LogP contribution < -0.4 is 4.72 Å². The second-order valence-corrected chi connectivity index (χ2v) is 8.58. The molecule has 0 fully saturated rings. The second-order valence-electron chi connectivity index (χ2n) is 6.90. The van der Waals surface area contributed by atoms with Crippen LogP contribution in [-0.4, -0.2) is 19.5 Å². The molecule has 0 saturated heterocycles. The zero-order valence-electron chi connectivity index (χ0n) is 16.1. The van der Waals surface area contributed by atoms with Crippen molar-refractivity contribution in [3.63, 3.8) is 0 Å². The highest BCUT2D eigenvalue weighted by Crippen LogP contribution is 2.23. The SMILES string of the molecule is Cc1cccc(S(=O)(=O)Nc2ccccc2CCCc2ccccc2C(=O)O)c1. The number of nitrogens with one attached hydrogen (secondary N) is 1. The molecule has 3 rings (SSSR count). The Balaban J connectivity index is 1.74. The van der Waals surface area contributed by atoms with Gasteiger partial charge in [0.25, 0.3) is 10.0 Å². The maximum atomic E-state index is 12.7. The Morgan fingerprint density at radius 2 is 1.55 bits per heavy atom. The lowest BCUT2D eigenvalue weighted by Crippen LogP contribution is -2.14. The summed E-state index contributed by atoms with van der Waals surface area (Å²) in [6, 6.07) is 21.0. The van der Waals surface area contributed by atoms with Crippen LogP contribution in [0.4, 0.5) is 5.69 Å². The van der Waals surface area contributed by atoms with Crippen molar-refractivity contribution in [1.82, 2.24) is 0 Å². The normalized spacial score (nSPS) is 11.2. The predicted octanol–water partition coefficient (Wildman–Crippen LogP) is 4.67. The van der Waals surface area contributed by atoms with Crippen LogP contribution in [0.3, 0.4) is 0 Å². The minimum atomic E-state index is -3.68. The summed E-state index contributed by atoms with van der Waals surface area (Å²) in [4.78, 5) is 11.6. The van der Waals surface area contributed by atoms with E-state index in [9.17, 15) is 18.3 Å². The van der Waals surface area contributed by atoms with Crippen molar-refractivity contribution in [2.75, 3.05) is 4.72 Å². The van der Waals surface area contributed by atoms with Crippen molar-refractivity contribution in [3.05, 3.63) is 95.1 Å². The first-order valence-corrected chi connectivity index (χ1v) is 10.8. The summed E-state index contributed by atoms with van der Waals surface area (Å²) in [5.74, 6) is -0.938. The van der Waals surface area contributed by atoms with E-state index in [-0.39, 0.29) is 4.90 Å². The highest BCUT2D eigenvalue weighted by atomic mass is 32.2. The van der Waals surface area contributed by atoms with Gasteiger partial charge in [-0.2, -0.15) is 0 Å². The third-order valence-corrected chi connectivity index (χ3v) is 6.06. The number of hydrogen-bond acceptors (Lipinski definition) is 3. The van der Waals surface area contributed by atoms with Gasteiger partial charge in [0, 0.05) is 0 Å². The van der Waals surface area contributed by atoms with Crippen molar-refractivity contribution >= 4 is 21.7 Å². The number of sulfonamides is 1. The molecule has 0 heterocycles. The summed E-state index contributed by atoms with van der Waals surface area (Å²) in [5.41, 5.74) is 3.37.